The van der Waals surface area contributed by atoms with Crippen LogP contribution < -0.4 is 15.2 Å². The van der Waals surface area contributed by atoms with Gasteiger partial charge >= 0.3 is 0 Å². The Morgan fingerprint density at radius 1 is 1.21 bits per heavy atom. The number of rotatable bonds is 4. The zero-order valence-electron chi connectivity index (χ0n) is 14.8. The zero-order valence-corrected chi connectivity index (χ0v) is 14.8. The summed E-state index contributed by atoms with van der Waals surface area (Å²) in [6, 6.07) is 1.58. The predicted octanol–water partition coefficient (Wildman–Crippen LogP) is 2.22. The van der Waals surface area contributed by atoms with Crippen LogP contribution in [0.5, 0.6) is 5.75 Å². The van der Waals surface area contributed by atoms with Crippen molar-refractivity contribution >= 4 is 5.95 Å². The second-order valence-corrected chi connectivity index (χ2v) is 6.36. The molecule has 2 aromatic rings. The Labute approximate surface area is 142 Å². The van der Waals surface area contributed by atoms with Crippen LogP contribution in [0.4, 0.5) is 5.95 Å². The third-order valence-electron chi connectivity index (χ3n) is 4.56. The van der Waals surface area contributed by atoms with Gasteiger partial charge in [-0.05, 0) is 33.6 Å². The number of pyridine rings is 1. The van der Waals surface area contributed by atoms with E-state index in [4.69, 9.17) is 4.74 Å². The van der Waals surface area contributed by atoms with Crippen molar-refractivity contribution in [3.8, 4) is 5.75 Å². The smallest absolute Gasteiger partial charge is 0.255 e. The Morgan fingerprint density at radius 2 is 1.92 bits per heavy atom. The molecule has 0 amide bonds. The molecule has 1 aliphatic rings. The van der Waals surface area contributed by atoms with E-state index in [1.165, 1.54) is 0 Å². The largest absolute Gasteiger partial charge is 0.496 e. The highest BCUT2D eigenvalue weighted by molar-refractivity contribution is 5.42. The predicted molar refractivity (Wildman–Crippen MR) is 94.0 cm³/mol. The van der Waals surface area contributed by atoms with Crippen molar-refractivity contribution in [1.29, 1.82) is 0 Å². The lowest BCUT2D eigenvalue weighted by Gasteiger charge is -2.22. The lowest BCUT2D eigenvalue weighted by molar-refractivity contribution is 0.406. The quantitative estimate of drug-likeness (QED) is 0.861. The van der Waals surface area contributed by atoms with Crippen LogP contribution in [0.1, 0.15) is 35.4 Å². The monoisotopic (exact) mass is 328 g/mol. The van der Waals surface area contributed by atoms with E-state index < -0.39 is 0 Å². The van der Waals surface area contributed by atoms with Crippen LogP contribution in [0.15, 0.2) is 17.1 Å². The van der Waals surface area contributed by atoms with E-state index in [1.54, 1.807) is 23.9 Å². The number of anilines is 1. The Bertz CT molecular complexity index is 807. The summed E-state index contributed by atoms with van der Waals surface area (Å²) in [4.78, 5) is 23.9. The highest BCUT2D eigenvalue weighted by Crippen LogP contribution is 2.25. The summed E-state index contributed by atoms with van der Waals surface area (Å²) in [5.41, 5.74) is 3.52. The molecule has 0 N–H and O–H groups in total. The van der Waals surface area contributed by atoms with Gasteiger partial charge in [-0.3, -0.25) is 14.3 Å². The van der Waals surface area contributed by atoms with Crippen LogP contribution in [-0.2, 0) is 6.54 Å². The SMILES string of the molecule is COc1c(C)cnc(Cn2c(N3CCCC3)nc(C)cc2=O)c1C. The first-order chi connectivity index (χ1) is 11.5. The molecule has 1 aliphatic heterocycles. The van der Waals surface area contributed by atoms with Gasteiger partial charge in [0.1, 0.15) is 5.75 Å². The molecule has 3 rings (SSSR count). The van der Waals surface area contributed by atoms with Gasteiger partial charge in [0.2, 0.25) is 5.95 Å². The molecule has 1 saturated heterocycles. The highest BCUT2D eigenvalue weighted by atomic mass is 16.5. The highest BCUT2D eigenvalue weighted by Gasteiger charge is 2.20. The minimum Gasteiger partial charge on any atom is -0.496 e. The summed E-state index contributed by atoms with van der Waals surface area (Å²) in [6.45, 7) is 8.11. The number of hydrogen-bond acceptors (Lipinski definition) is 5. The number of nitrogens with zero attached hydrogens (tertiary/aromatic N) is 4. The van der Waals surface area contributed by atoms with E-state index in [0.717, 1.165) is 60.1 Å². The molecule has 24 heavy (non-hydrogen) atoms. The van der Waals surface area contributed by atoms with Crippen LogP contribution >= 0.6 is 0 Å². The number of aryl methyl sites for hydroxylation is 2. The van der Waals surface area contributed by atoms with Crippen molar-refractivity contribution in [3.05, 3.63) is 45.1 Å². The number of hydrogen-bond donors (Lipinski definition) is 0. The summed E-state index contributed by atoms with van der Waals surface area (Å²) in [5.74, 6) is 1.58. The topological polar surface area (TPSA) is 60.2 Å². The maximum absolute atomic E-state index is 12.6. The summed E-state index contributed by atoms with van der Waals surface area (Å²) in [5, 5.41) is 0. The van der Waals surface area contributed by atoms with Gasteiger partial charge in [-0.2, -0.15) is 0 Å². The van der Waals surface area contributed by atoms with Gasteiger partial charge in [0, 0.05) is 42.2 Å². The first kappa shape index (κ1) is 16.5. The van der Waals surface area contributed by atoms with Crippen LogP contribution in [0.2, 0.25) is 0 Å². The fourth-order valence-corrected chi connectivity index (χ4v) is 3.29. The van der Waals surface area contributed by atoms with Crippen LogP contribution in [0.25, 0.3) is 0 Å². The Morgan fingerprint density at radius 3 is 2.58 bits per heavy atom. The number of aromatic nitrogens is 3. The molecular weight excluding hydrogens is 304 g/mol. The van der Waals surface area contributed by atoms with Gasteiger partial charge in [0.05, 0.1) is 19.3 Å². The van der Waals surface area contributed by atoms with Crippen molar-refractivity contribution in [2.24, 2.45) is 0 Å². The molecule has 0 aromatic carbocycles. The standard InChI is InChI=1S/C18H24N4O2/c1-12-10-19-15(14(3)17(12)24-4)11-22-16(23)9-13(2)20-18(22)21-7-5-6-8-21/h9-10H,5-8,11H2,1-4H3. The summed E-state index contributed by atoms with van der Waals surface area (Å²) < 4.78 is 7.20. The van der Waals surface area contributed by atoms with Gasteiger partial charge in [0.15, 0.2) is 0 Å². The van der Waals surface area contributed by atoms with Crippen LogP contribution in [0.3, 0.4) is 0 Å². The lowest BCUT2D eigenvalue weighted by atomic mass is 10.1. The van der Waals surface area contributed by atoms with Gasteiger partial charge < -0.3 is 9.64 Å². The van der Waals surface area contributed by atoms with E-state index in [0.29, 0.717) is 6.54 Å². The molecule has 128 valence electrons. The Balaban J connectivity index is 2.06. The Hall–Kier alpha value is -2.37. The van der Waals surface area contributed by atoms with Crippen molar-refractivity contribution in [2.45, 2.75) is 40.2 Å². The minimum absolute atomic E-state index is 0.0369. The molecule has 0 aliphatic carbocycles. The fraction of sp³-hybridized carbons (Fsp3) is 0.500. The van der Waals surface area contributed by atoms with E-state index in [-0.39, 0.29) is 5.56 Å². The summed E-state index contributed by atoms with van der Waals surface area (Å²) >= 11 is 0. The molecule has 0 spiro atoms. The van der Waals surface area contributed by atoms with E-state index in [1.807, 2.05) is 20.8 Å². The van der Waals surface area contributed by atoms with Crippen molar-refractivity contribution in [1.82, 2.24) is 14.5 Å². The fourth-order valence-electron chi connectivity index (χ4n) is 3.29. The lowest BCUT2D eigenvalue weighted by Crippen LogP contribution is -2.32. The molecule has 6 heteroatoms. The maximum Gasteiger partial charge on any atom is 0.255 e. The molecule has 0 bridgehead atoms. The first-order valence-electron chi connectivity index (χ1n) is 8.33. The van der Waals surface area contributed by atoms with Gasteiger partial charge in [-0.15, -0.1) is 0 Å². The van der Waals surface area contributed by atoms with Gasteiger partial charge in [0.25, 0.3) is 5.56 Å². The molecule has 2 aromatic heterocycles. The zero-order chi connectivity index (χ0) is 17.3. The van der Waals surface area contributed by atoms with Crippen molar-refractivity contribution < 1.29 is 4.74 Å². The average Bonchev–Trinajstić information content (AvgIpc) is 3.06. The second-order valence-electron chi connectivity index (χ2n) is 6.36. The van der Waals surface area contributed by atoms with Crippen molar-refractivity contribution in [2.75, 3.05) is 25.1 Å². The second kappa shape index (κ2) is 6.63. The average molecular weight is 328 g/mol. The first-order valence-corrected chi connectivity index (χ1v) is 8.33. The van der Waals surface area contributed by atoms with Crippen LogP contribution in [-0.4, -0.2) is 34.7 Å². The molecule has 0 radical (unpaired) electrons. The number of ether oxygens (including phenoxy) is 1. The van der Waals surface area contributed by atoms with E-state index in [9.17, 15) is 4.79 Å². The van der Waals surface area contributed by atoms with Crippen molar-refractivity contribution in [3.63, 3.8) is 0 Å². The summed E-state index contributed by atoms with van der Waals surface area (Å²) in [7, 11) is 1.66. The minimum atomic E-state index is -0.0369. The molecule has 3 heterocycles. The van der Waals surface area contributed by atoms with E-state index in [2.05, 4.69) is 14.9 Å². The maximum atomic E-state index is 12.6. The molecule has 0 unspecified atom stereocenters. The van der Waals surface area contributed by atoms with Gasteiger partial charge in [-0.1, -0.05) is 0 Å². The van der Waals surface area contributed by atoms with Gasteiger partial charge in [-0.25, -0.2) is 4.98 Å². The molecule has 0 atom stereocenters. The number of methoxy groups -OCH3 is 1. The third-order valence-corrected chi connectivity index (χ3v) is 4.56. The van der Waals surface area contributed by atoms with E-state index >= 15 is 0 Å². The Kier molecular flexibility index (Phi) is 4.55. The molecule has 0 saturated carbocycles. The summed E-state index contributed by atoms with van der Waals surface area (Å²) in [6.07, 6.45) is 4.07. The van der Waals surface area contributed by atoms with Crippen LogP contribution in [0, 0.1) is 20.8 Å². The molecule has 6 nitrogen and oxygen atoms in total. The molecular formula is C18H24N4O2. The normalized spacial score (nSPS) is 14.2. The molecule has 1 fully saturated rings. The third kappa shape index (κ3) is 3.00.